The van der Waals surface area contributed by atoms with Gasteiger partial charge in [-0.05, 0) is 36.8 Å². The molecule has 0 saturated heterocycles. The Bertz CT molecular complexity index is 1340. The van der Waals surface area contributed by atoms with Crippen molar-refractivity contribution in [1.82, 2.24) is 4.98 Å². The predicted octanol–water partition coefficient (Wildman–Crippen LogP) is 6.68. The van der Waals surface area contributed by atoms with Crippen molar-refractivity contribution in [3.63, 3.8) is 0 Å². The van der Waals surface area contributed by atoms with Crippen LogP contribution in [0.3, 0.4) is 0 Å². The molecule has 8 heteroatoms. The summed E-state index contributed by atoms with van der Waals surface area (Å²) in [5, 5.41) is 15.3. The molecule has 0 aliphatic carbocycles. The topological polar surface area (TPSA) is 85.1 Å². The number of halogens is 2. The van der Waals surface area contributed by atoms with Gasteiger partial charge in [-0.2, -0.15) is 0 Å². The second-order valence-electron chi connectivity index (χ2n) is 6.86. The summed E-state index contributed by atoms with van der Waals surface area (Å²) in [6, 6.07) is 18.4. The summed E-state index contributed by atoms with van der Waals surface area (Å²) in [6.07, 6.45) is 0. The van der Waals surface area contributed by atoms with E-state index in [4.69, 9.17) is 28.2 Å². The van der Waals surface area contributed by atoms with E-state index >= 15 is 0 Å². The molecule has 1 amide bonds. The Kier molecular flexibility index (Phi) is 5.59. The number of carbonyl (C=O) groups excluding carboxylic acids is 1. The van der Waals surface area contributed by atoms with Gasteiger partial charge in [-0.3, -0.25) is 14.9 Å². The highest BCUT2D eigenvalue weighted by Crippen LogP contribution is 2.32. The van der Waals surface area contributed by atoms with Crippen LogP contribution < -0.4 is 5.32 Å². The highest BCUT2D eigenvalue weighted by Gasteiger charge is 2.20. The Morgan fingerprint density at radius 3 is 2.45 bits per heavy atom. The first-order valence-electron chi connectivity index (χ1n) is 9.25. The van der Waals surface area contributed by atoms with Crippen molar-refractivity contribution in [2.45, 2.75) is 6.92 Å². The van der Waals surface area contributed by atoms with Gasteiger partial charge in [0.05, 0.1) is 32.4 Å². The molecule has 154 valence electrons. The van der Waals surface area contributed by atoms with Crippen LogP contribution >= 0.6 is 23.2 Å². The summed E-state index contributed by atoms with van der Waals surface area (Å²) in [7, 11) is 0. The van der Waals surface area contributed by atoms with Gasteiger partial charge in [0.1, 0.15) is 0 Å². The third-order valence-electron chi connectivity index (χ3n) is 4.89. The molecule has 0 atom stereocenters. The molecule has 1 heterocycles. The monoisotopic (exact) mass is 451 g/mol. The van der Waals surface area contributed by atoms with Gasteiger partial charge in [0.2, 0.25) is 0 Å². The SMILES string of the molecule is Cc1c(-c2ccc(Cl)cc2)nc2ccccc2c1C(=O)Nc1cc([N+](=O)[O-])ccc1Cl. The van der Waals surface area contributed by atoms with Crippen LogP contribution in [0.4, 0.5) is 11.4 Å². The Morgan fingerprint density at radius 2 is 1.74 bits per heavy atom. The summed E-state index contributed by atoms with van der Waals surface area (Å²) in [5.74, 6) is -0.436. The van der Waals surface area contributed by atoms with Crippen LogP contribution in [-0.2, 0) is 0 Å². The first kappa shape index (κ1) is 20.8. The normalized spacial score (nSPS) is 10.8. The average molecular weight is 452 g/mol. The van der Waals surface area contributed by atoms with Crippen LogP contribution in [0.25, 0.3) is 22.2 Å². The smallest absolute Gasteiger partial charge is 0.271 e. The fourth-order valence-electron chi connectivity index (χ4n) is 3.40. The van der Waals surface area contributed by atoms with Crippen molar-refractivity contribution in [3.05, 3.63) is 98.0 Å². The Labute approximate surface area is 187 Å². The molecule has 0 spiro atoms. The largest absolute Gasteiger partial charge is 0.320 e. The third kappa shape index (κ3) is 4.08. The number of nitrogens with one attached hydrogen (secondary N) is 1. The number of fused-ring (bicyclic) bond motifs is 1. The lowest BCUT2D eigenvalue weighted by Crippen LogP contribution is -2.15. The molecule has 0 aliphatic heterocycles. The predicted molar refractivity (Wildman–Crippen MR) is 123 cm³/mol. The number of non-ortho nitro benzene ring substituents is 1. The molecule has 4 rings (SSSR count). The highest BCUT2D eigenvalue weighted by atomic mass is 35.5. The number of aromatic nitrogens is 1. The summed E-state index contributed by atoms with van der Waals surface area (Å²) >= 11 is 12.2. The molecule has 0 unspecified atom stereocenters. The van der Waals surface area contributed by atoms with Crippen molar-refractivity contribution in [1.29, 1.82) is 0 Å². The van der Waals surface area contributed by atoms with Crippen LogP contribution in [0.15, 0.2) is 66.7 Å². The minimum atomic E-state index is -0.544. The molecular weight excluding hydrogens is 437 g/mol. The maximum atomic E-state index is 13.3. The number of pyridine rings is 1. The van der Waals surface area contributed by atoms with Crippen molar-refractivity contribution < 1.29 is 9.72 Å². The maximum Gasteiger partial charge on any atom is 0.271 e. The van der Waals surface area contributed by atoms with E-state index in [9.17, 15) is 14.9 Å². The van der Waals surface area contributed by atoms with Crippen LogP contribution in [0.2, 0.25) is 10.0 Å². The Hall–Kier alpha value is -3.48. The summed E-state index contributed by atoms with van der Waals surface area (Å²) in [6.45, 7) is 1.81. The number of hydrogen-bond acceptors (Lipinski definition) is 4. The molecule has 0 bridgehead atoms. The first-order valence-corrected chi connectivity index (χ1v) is 10.0. The third-order valence-corrected chi connectivity index (χ3v) is 5.47. The first-order chi connectivity index (χ1) is 14.8. The van der Waals surface area contributed by atoms with E-state index in [0.717, 1.165) is 5.56 Å². The van der Waals surface area contributed by atoms with E-state index in [0.29, 0.717) is 32.7 Å². The molecule has 31 heavy (non-hydrogen) atoms. The molecule has 0 aliphatic rings. The molecular formula is C23H15Cl2N3O3. The minimum Gasteiger partial charge on any atom is -0.320 e. The van der Waals surface area contributed by atoms with E-state index in [-0.39, 0.29) is 16.4 Å². The number of rotatable bonds is 4. The number of nitro benzene ring substituents is 1. The Morgan fingerprint density at radius 1 is 1.03 bits per heavy atom. The number of anilines is 1. The molecule has 0 fully saturated rings. The van der Waals surface area contributed by atoms with E-state index in [1.165, 1.54) is 18.2 Å². The van der Waals surface area contributed by atoms with Crippen LogP contribution in [-0.4, -0.2) is 15.8 Å². The number of carbonyl (C=O) groups is 1. The molecule has 1 aromatic heterocycles. The lowest BCUT2D eigenvalue weighted by molar-refractivity contribution is -0.384. The number of para-hydroxylation sites is 1. The molecule has 3 aromatic carbocycles. The molecule has 1 N–H and O–H groups in total. The molecule has 0 saturated carbocycles. The summed E-state index contributed by atoms with van der Waals surface area (Å²) < 4.78 is 0. The van der Waals surface area contributed by atoms with Gasteiger partial charge < -0.3 is 5.32 Å². The molecule has 4 aromatic rings. The lowest BCUT2D eigenvalue weighted by atomic mass is 9.97. The van der Waals surface area contributed by atoms with Gasteiger partial charge in [0, 0.05) is 28.1 Å². The number of nitro groups is 1. The number of benzene rings is 3. The zero-order valence-electron chi connectivity index (χ0n) is 16.2. The quantitative estimate of drug-likeness (QED) is 0.277. The fourth-order valence-corrected chi connectivity index (χ4v) is 3.69. The van der Waals surface area contributed by atoms with Gasteiger partial charge in [0.25, 0.3) is 11.6 Å². The number of nitrogens with zero attached hydrogens (tertiary/aromatic N) is 2. The zero-order chi connectivity index (χ0) is 22.1. The average Bonchev–Trinajstić information content (AvgIpc) is 2.75. The maximum absolute atomic E-state index is 13.3. The summed E-state index contributed by atoms with van der Waals surface area (Å²) in [4.78, 5) is 28.6. The second kappa shape index (κ2) is 8.34. The van der Waals surface area contributed by atoms with Gasteiger partial charge in [-0.25, -0.2) is 4.98 Å². The lowest BCUT2D eigenvalue weighted by Gasteiger charge is -2.15. The molecule has 0 radical (unpaired) electrons. The van der Waals surface area contributed by atoms with Crippen LogP contribution in [0.5, 0.6) is 0 Å². The van der Waals surface area contributed by atoms with Gasteiger partial charge in [-0.1, -0.05) is 53.5 Å². The minimum absolute atomic E-state index is 0.161. The fraction of sp³-hybridized carbons (Fsp3) is 0.0435. The van der Waals surface area contributed by atoms with Crippen molar-refractivity contribution >= 4 is 51.4 Å². The second-order valence-corrected chi connectivity index (χ2v) is 7.70. The van der Waals surface area contributed by atoms with E-state index in [1.54, 1.807) is 12.1 Å². The van der Waals surface area contributed by atoms with Gasteiger partial charge in [0.15, 0.2) is 0 Å². The van der Waals surface area contributed by atoms with Gasteiger partial charge >= 0.3 is 0 Å². The zero-order valence-corrected chi connectivity index (χ0v) is 17.7. The standard InChI is InChI=1S/C23H15Cl2N3O3/c1-13-21(23(29)27-20-12-16(28(30)31)10-11-18(20)25)17-4-2-3-5-19(17)26-22(13)14-6-8-15(24)9-7-14/h2-12H,1H3,(H,27,29). The van der Waals surface area contributed by atoms with E-state index < -0.39 is 10.8 Å². The molecule has 6 nitrogen and oxygen atoms in total. The van der Waals surface area contributed by atoms with Gasteiger partial charge in [-0.15, -0.1) is 0 Å². The van der Waals surface area contributed by atoms with E-state index in [2.05, 4.69) is 5.32 Å². The van der Waals surface area contributed by atoms with Crippen molar-refractivity contribution in [2.75, 3.05) is 5.32 Å². The number of hydrogen-bond donors (Lipinski definition) is 1. The van der Waals surface area contributed by atoms with E-state index in [1.807, 2.05) is 43.3 Å². The number of amides is 1. The van der Waals surface area contributed by atoms with Crippen molar-refractivity contribution in [2.24, 2.45) is 0 Å². The highest BCUT2D eigenvalue weighted by molar-refractivity contribution is 6.34. The van der Waals surface area contributed by atoms with Crippen LogP contribution in [0, 0.1) is 17.0 Å². The van der Waals surface area contributed by atoms with Crippen molar-refractivity contribution in [3.8, 4) is 11.3 Å². The van der Waals surface area contributed by atoms with Crippen LogP contribution in [0.1, 0.15) is 15.9 Å². The summed E-state index contributed by atoms with van der Waals surface area (Å²) in [5.41, 5.74) is 3.18. The Balaban J connectivity index is 1.86.